The van der Waals surface area contributed by atoms with E-state index in [0.29, 0.717) is 6.42 Å². The summed E-state index contributed by atoms with van der Waals surface area (Å²) in [6.07, 6.45) is -4.99. The Kier molecular flexibility index (Phi) is 8.43. The third-order valence-electron chi connectivity index (χ3n) is 6.90. The number of ether oxygens (including phenoxy) is 3. The predicted octanol–water partition coefficient (Wildman–Crippen LogP) is 3.40. The van der Waals surface area contributed by atoms with Gasteiger partial charge in [-0.25, -0.2) is 9.37 Å². The monoisotopic (exact) mass is 579 g/mol. The minimum Gasteiger partial charge on any atom is -0.493 e. The number of aliphatic hydroxyl groups is 2. The van der Waals surface area contributed by atoms with E-state index in [1.54, 1.807) is 6.92 Å². The number of aliphatic hydroxyl groups excluding tert-OH is 1. The van der Waals surface area contributed by atoms with Crippen LogP contribution in [0.4, 0.5) is 17.6 Å². The number of hydrogen-bond donors (Lipinski definition) is 4. The Morgan fingerprint density at radius 3 is 2.49 bits per heavy atom. The minimum atomic E-state index is -5.29. The highest BCUT2D eigenvalue weighted by molar-refractivity contribution is 5.95. The molecule has 0 spiro atoms. The summed E-state index contributed by atoms with van der Waals surface area (Å²) in [5.41, 5.74) is 1.13. The second kappa shape index (κ2) is 11.5. The van der Waals surface area contributed by atoms with E-state index in [1.807, 2.05) is 0 Å². The molecule has 0 saturated heterocycles. The van der Waals surface area contributed by atoms with Gasteiger partial charge in [0.05, 0.1) is 31.5 Å². The number of amides is 1. The van der Waals surface area contributed by atoms with E-state index in [1.165, 1.54) is 37.4 Å². The van der Waals surface area contributed by atoms with Crippen molar-refractivity contribution in [2.24, 2.45) is 5.73 Å². The van der Waals surface area contributed by atoms with Crippen LogP contribution in [0.15, 0.2) is 48.5 Å². The molecular formula is C28H29F4N3O6. The van der Waals surface area contributed by atoms with E-state index < -0.39 is 41.3 Å². The van der Waals surface area contributed by atoms with Gasteiger partial charge in [-0.15, -0.1) is 0 Å². The van der Waals surface area contributed by atoms with Crippen molar-refractivity contribution in [3.8, 4) is 28.5 Å². The molecule has 0 unspecified atom stereocenters. The highest BCUT2D eigenvalue weighted by atomic mass is 19.4. The second-order valence-corrected chi connectivity index (χ2v) is 9.52. The van der Waals surface area contributed by atoms with Crippen molar-refractivity contribution in [2.45, 2.75) is 30.7 Å². The number of carbonyl (C=O) groups is 1. The van der Waals surface area contributed by atoms with E-state index in [2.05, 4.69) is 10.3 Å². The molecule has 0 radical (unpaired) electrons. The standard InChI is InChI=1S/C28H29F4N3O6/c1-3-26(33)15-41-24-19(26)13-22(35-23(24)16-4-7-18(29)8-5-16)27(38,28(30,31)32)14-34-25(37)17-6-9-20(40-11-10-36)21(12-17)39-2/h4-9,12-13,36,38H,3,10-11,14-15,33H2,1-2H3,(H,34,37)/t26-,27+/m1/s1. The molecule has 3 aromatic rings. The van der Waals surface area contributed by atoms with Crippen LogP contribution in [-0.4, -0.2) is 60.8 Å². The first-order valence-electron chi connectivity index (χ1n) is 12.6. The number of nitrogens with zero attached hydrogens (tertiary/aromatic N) is 1. The first-order valence-corrected chi connectivity index (χ1v) is 12.6. The fourth-order valence-electron chi connectivity index (χ4n) is 4.37. The van der Waals surface area contributed by atoms with Crippen molar-refractivity contribution in [2.75, 3.05) is 33.5 Å². The minimum absolute atomic E-state index is 0.0403. The van der Waals surface area contributed by atoms with Gasteiger partial charge in [0.25, 0.3) is 5.91 Å². The molecule has 41 heavy (non-hydrogen) atoms. The maximum atomic E-state index is 14.5. The lowest BCUT2D eigenvalue weighted by Gasteiger charge is -2.31. The van der Waals surface area contributed by atoms with Gasteiger partial charge in [0.2, 0.25) is 5.60 Å². The van der Waals surface area contributed by atoms with Crippen molar-refractivity contribution < 1.29 is 46.8 Å². The van der Waals surface area contributed by atoms with Crippen LogP contribution in [0.3, 0.4) is 0 Å². The third kappa shape index (κ3) is 5.78. The Morgan fingerprint density at radius 1 is 1.17 bits per heavy atom. The van der Waals surface area contributed by atoms with E-state index in [-0.39, 0.29) is 59.5 Å². The lowest BCUT2D eigenvalue weighted by molar-refractivity contribution is -0.265. The third-order valence-corrected chi connectivity index (χ3v) is 6.90. The van der Waals surface area contributed by atoms with Gasteiger partial charge in [-0.05, 0) is 55.0 Å². The maximum absolute atomic E-state index is 14.5. The molecule has 1 amide bonds. The Labute approximate surface area is 232 Å². The molecule has 2 atom stereocenters. The van der Waals surface area contributed by atoms with E-state index in [0.717, 1.165) is 18.2 Å². The van der Waals surface area contributed by atoms with Crippen LogP contribution in [0.1, 0.15) is 35.0 Å². The summed E-state index contributed by atoms with van der Waals surface area (Å²) in [5, 5.41) is 22.2. The van der Waals surface area contributed by atoms with Crippen molar-refractivity contribution >= 4 is 5.91 Å². The van der Waals surface area contributed by atoms with Crippen molar-refractivity contribution in [1.82, 2.24) is 10.3 Å². The smallest absolute Gasteiger partial charge is 0.424 e. The molecule has 2 aromatic carbocycles. The van der Waals surface area contributed by atoms with Crippen LogP contribution < -0.4 is 25.3 Å². The van der Waals surface area contributed by atoms with E-state index in [4.69, 9.17) is 25.1 Å². The van der Waals surface area contributed by atoms with Crippen LogP contribution in [-0.2, 0) is 11.1 Å². The first-order chi connectivity index (χ1) is 19.4. The first kappa shape index (κ1) is 30.0. The van der Waals surface area contributed by atoms with Crippen LogP contribution in [0.2, 0.25) is 0 Å². The summed E-state index contributed by atoms with van der Waals surface area (Å²) < 4.78 is 73.4. The maximum Gasteiger partial charge on any atom is 0.424 e. The summed E-state index contributed by atoms with van der Waals surface area (Å²) >= 11 is 0. The van der Waals surface area contributed by atoms with Crippen LogP contribution in [0.5, 0.6) is 17.2 Å². The largest absolute Gasteiger partial charge is 0.493 e. The molecule has 5 N–H and O–H groups in total. The lowest BCUT2D eigenvalue weighted by Crippen LogP contribution is -2.51. The number of nitrogens with one attached hydrogen (secondary N) is 1. The zero-order chi connectivity index (χ0) is 30.0. The molecule has 9 nitrogen and oxygen atoms in total. The molecule has 0 saturated carbocycles. The van der Waals surface area contributed by atoms with Crippen molar-refractivity contribution in [3.63, 3.8) is 0 Å². The summed E-state index contributed by atoms with van der Waals surface area (Å²) in [6.45, 7) is 0.0948. The lowest BCUT2D eigenvalue weighted by atomic mass is 9.86. The molecule has 0 aliphatic carbocycles. The van der Waals surface area contributed by atoms with E-state index >= 15 is 0 Å². The number of methoxy groups -OCH3 is 1. The molecule has 1 aliphatic heterocycles. The number of hydrogen-bond acceptors (Lipinski definition) is 8. The number of pyridine rings is 1. The average Bonchev–Trinajstić information content (AvgIpc) is 3.30. The van der Waals surface area contributed by atoms with Crippen molar-refractivity contribution in [3.05, 3.63) is 71.2 Å². The van der Waals surface area contributed by atoms with E-state index in [9.17, 15) is 27.5 Å². The van der Waals surface area contributed by atoms with Crippen LogP contribution in [0.25, 0.3) is 11.3 Å². The van der Waals surface area contributed by atoms with Gasteiger partial charge in [0, 0.05) is 16.7 Å². The van der Waals surface area contributed by atoms with Gasteiger partial charge >= 0.3 is 6.18 Å². The summed E-state index contributed by atoms with van der Waals surface area (Å²) in [6, 6.07) is 9.81. The molecular weight excluding hydrogens is 550 g/mol. The number of alkyl halides is 3. The number of rotatable bonds is 10. The summed E-state index contributed by atoms with van der Waals surface area (Å²) in [5.74, 6) is -1.05. The predicted molar refractivity (Wildman–Crippen MR) is 139 cm³/mol. The van der Waals surface area contributed by atoms with Gasteiger partial charge in [0.1, 0.15) is 24.7 Å². The summed E-state index contributed by atoms with van der Waals surface area (Å²) in [7, 11) is 1.31. The van der Waals surface area contributed by atoms with Crippen LogP contribution in [0, 0.1) is 5.82 Å². The number of carbonyl (C=O) groups excluding carboxylic acids is 1. The zero-order valence-electron chi connectivity index (χ0n) is 22.2. The number of benzene rings is 2. The normalized spacial score (nSPS) is 17.8. The number of fused-ring (bicyclic) bond motifs is 1. The molecule has 0 bridgehead atoms. The quantitative estimate of drug-likeness (QED) is 0.269. The highest BCUT2D eigenvalue weighted by Crippen LogP contribution is 2.47. The SMILES string of the molecule is CC[C@@]1(N)COc2c1cc([C@@](O)(CNC(=O)c1ccc(OCCO)c(OC)c1)C(F)(F)F)nc2-c1ccc(F)cc1. The number of nitrogens with two attached hydrogens (primary N) is 1. The van der Waals surface area contributed by atoms with Gasteiger partial charge in [-0.1, -0.05) is 6.92 Å². The van der Waals surface area contributed by atoms with Crippen LogP contribution >= 0.6 is 0 Å². The molecule has 220 valence electrons. The summed E-state index contributed by atoms with van der Waals surface area (Å²) in [4.78, 5) is 17.0. The van der Waals surface area contributed by atoms with Gasteiger partial charge in [-0.2, -0.15) is 13.2 Å². The molecule has 13 heteroatoms. The number of aromatic nitrogens is 1. The molecule has 4 rings (SSSR count). The topological polar surface area (TPSA) is 136 Å². The van der Waals surface area contributed by atoms with Gasteiger partial charge in [0.15, 0.2) is 17.2 Å². The fraction of sp³-hybridized carbons (Fsp3) is 0.357. The Morgan fingerprint density at radius 2 is 1.88 bits per heavy atom. The Balaban J connectivity index is 1.73. The molecule has 1 aliphatic rings. The second-order valence-electron chi connectivity index (χ2n) is 9.52. The molecule has 2 heterocycles. The van der Waals surface area contributed by atoms with Gasteiger partial charge in [-0.3, -0.25) is 4.79 Å². The molecule has 1 aromatic heterocycles. The average molecular weight is 580 g/mol. The van der Waals surface area contributed by atoms with Crippen molar-refractivity contribution in [1.29, 1.82) is 0 Å². The zero-order valence-corrected chi connectivity index (χ0v) is 22.2. The fourth-order valence-corrected chi connectivity index (χ4v) is 4.37. The Bertz CT molecular complexity index is 1420. The Hall–Kier alpha value is -3.94. The highest BCUT2D eigenvalue weighted by Gasteiger charge is 2.57. The van der Waals surface area contributed by atoms with Gasteiger partial charge < -0.3 is 35.5 Å². The number of halogens is 4. The molecule has 0 fully saturated rings.